The smallest absolute Gasteiger partial charge is 0.330 e. The van der Waals surface area contributed by atoms with Gasteiger partial charge < -0.3 is 20.3 Å². The quantitative estimate of drug-likeness (QED) is 0.469. The highest BCUT2D eigenvalue weighted by molar-refractivity contribution is 6.31. The maximum Gasteiger partial charge on any atom is 0.330 e. The topological polar surface area (TPSA) is 113 Å². The number of hydrogen-bond donors (Lipinski definition) is 3. The van der Waals surface area contributed by atoms with Gasteiger partial charge in [0.1, 0.15) is 11.8 Å². The van der Waals surface area contributed by atoms with E-state index >= 15 is 0 Å². The first-order valence-electron chi connectivity index (χ1n) is 8.08. The third-order valence-corrected chi connectivity index (χ3v) is 4.14. The molecule has 2 aromatic carbocycles. The van der Waals surface area contributed by atoms with Crippen LogP contribution in [0.4, 0.5) is 5.69 Å². The van der Waals surface area contributed by atoms with Crippen LogP contribution >= 0.6 is 0 Å². The Morgan fingerprint density at radius 1 is 1.08 bits per heavy atom. The minimum absolute atomic E-state index is 0.0311. The zero-order valence-electron chi connectivity index (χ0n) is 14.0. The van der Waals surface area contributed by atoms with Gasteiger partial charge in [-0.1, -0.05) is 24.3 Å². The molecule has 0 fully saturated rings. The Morgan fingerprint density at radius 2 is 1.69 bits per heavy atom. The second kappa shape index (κ2) is 6.97. The van der Waals surface area contributed by atoms with Crippen molar-refractivity contribution in [2.24, 2.45) is 0 Å². The van der Waals surface area contributed by atoms with Crippen LogP contribution < -0.4 is 5.32 Å². The van der Waals surface area contributed by atoms with E-state index < -0.39 is 30.2 Å². The Labute approximate surface area is 149 Å². The Balaban J connectivity index is 2.10. The molecule has 0 aliphatic heterocycles. The monoisotopic (exact) mass is 355 g/mol. The zero-order chi connectivity index (χ0) is 18.8. The lowest BCUT2D eigenvalue weighted by Gasteiger charge is -2.23. The van der Waals surface area contributed by atoms with E-state index in [0.717, 1.165) is 0 Å². The summed E-state index contributed by atoms with van der Waals surface area (Å²) in [6.07, 6.45) is 0. The fourth-order valence-electron chi connectivity index (χ4n) is 2.94. The molecule has 0 radical (unpaired) electrons. The Kier molecular flexibility index (Phi) is 4.73. The highest BCUT2D eigenvalue weighted by Crippen LogP contribution is 2.37. The van der Waals surface area contributed by atoms with E-state index in [-0.39, 0.29) is 40.3 Å². The first-order valence-corrected chi connectivity index (χ1v) is 8.08. The summed E-state index contributed by atoms with van der Waals surface area (Å²) in [5.74, 6) is -1.94. The van der Waals surface area contributed by atoms with E-state index in [0.29, 0.717) is 0 Å². The van der Waals surface area contributed by atoms with Crippen molar-refractivity contribution >= 4 is 23.2 Å². The van der Waals surface area contributed by atoms with E-state index in [1.165, 1.54) is 24.3 Å². The molecule has 3 rings (SSSR count). The van der Waals surface area contributed by atoms with Gasteiger partial charge in [0.2, 0.25) is 0 Å². The Morgan fingerprint density at radius 3 is 2.27 bits per heavy atom. The normalized spacial score (nSPS) is 13.6. The van der Waals surface area contributed by atoms with Crippen LogP contribution in [0.3, 0.4) is 0 Å². The number of carbonyl (C=O) groups excluding carboxylic acids is 3. The van der Waals surface area contributed by atoms with Gasteiger partial charge in [0.15, 0.2) is 11.6 Å². The number of fused-ring (bicyclic) bond motifs is 2. The van der Waals surface area contributed by atoms with Gasteiger partial charge in [0, 0.05) is 16.8 Å². The molecule has 1 atom stereocenters. The van der Waals surface area contributed by atoms with Crippen LogP contribution in [0.1, 0.15) is 38.8 Å². The number of benzene rings is 2. The van der Waals surface area contributed by atoms with Gasteiger partial charge >= 0.3 is 5.97 Å². The summed E-state index contributed by atoms with van der Waals surface area (Å²) in [6, 6.07) is 7.86. The molecular weight excluding hydrogens is 338 g/mol. The van der Waals surface area contributed by atoms with Gasteiger partial charge in [-0.05, 0) is 19.1 Å². The number of ether oxygens (including phenoxy) is 1. The lowest BCUT2D eigenvalue weighted by Crippen LogP contribution is -2.36. The summed E-state index contributed by atoms with van der Waals surface area (Å²) in [5.41, 5.74) is 0.435. The number of aliphatic hydroxyl groups excluding tert-OH is 1. The molecule has 2 aromatic rings. The predicted octanol–water partition coefficient (Wildman–Crippen LogP) is 1.50. The molecule has 7 heteroatoms. The highest BCUT2D eigenvalue weighted by atomic mass is 16.5. The minimum atomic E-state index is -1.11. The molecule has 0 heterocycles. The van der Waals surface area contributed by atoms with E-state index in [2.05, 4.69) is 5.32 Å². The van der Waals surface area contributed by atoms with Gasteiger partial charge in [0.05, 0.1) is 24.3 Å². The first kappa shape index (κ1) is 17.6. The van der Waals surface area contributed by atoms with Crippen LogP contribution in [0.15, 0.2) is 36.4 Å². The SMILES string of the molecule is CCOC(=O)[C@H](CO)Nc1ccc(O)c2c1C(=O)c1ccccc1C2=O. The number of phenolic OH excluding ortho intramolecular Hbond substituents is 1. The van der Waals surface area contributed by atoms with Crippen LogP contribution in [-0.2, 0) is 9.53 Å². The third-order valence-electron chi connectivity index (χ3n) is 4.14. The molecule has 7 nitrogen and oxygen atoms in total. The summed E-state index contributed by atoms with van der Waals surface area (Å²) < 4.78 is 4.88. The zero-order valence-corrected chi connectivity index (χ0v) is 14.0. The molecule has 1 aliphatic carbocycles. The maximum absolute atomic E-state index is 12.9. The van der Waals surface area contributed by atoms with Gasteiger partial charge in [-0.2, -0.15) is 0 Å². The van der Waals surface area contributed by atoms with E-state index in [9.17, 15) is 24.6 Å². The van der Waals surface area contributed by atoms with Crippen molar-refractivity contribution in [3.63, 3.8) is 0 Å². The molecule has 0 unspecified atom stereocenters. The highest BCUT2D eigenvalue weighted by Gasteiger charge is 2.34. The molecule has 0 saturated carbocycles. The summed E-state index contributed by atoms with van der Waals surface area (Å²) in [4.78, 5) is 37.6. The predicted molar refractivity (Wildman–Crippen MR) is 92.5 cm³/mol. The van der Waals surface area contributed by atoms with Crippen molar-refractivity contribution in [2.45, 2.75) is 13.0 Å². The molecule has 3 N–H and O–H groups in total. The van der Waals surface area contributed by atoms with Gasteiger partial charge in [-0.3, -0.25) is 9.59 Å². The van der Waals surface area contributed by atoms with Crippen LogP contribution in [0, 0.1) is 0 Å². The van der Waals surface area contributed by atoms with E-state index in [1.54, 1.807) is 19.1 Å². The van der Waals surface area contributed by atoms with Crippen molar-refractivity contribution in [1.29, 1.82) is 0 Å². The first-order chi connectivity index (χ1) is 12.5. The van der Waals surface area contributed by atoms with Crippen molar-refractivity contribution in [2.75, 3.05) is 18.5 Å². The van der Waals surface area contributed by atoms with Gasteiger partial charge in [-0.25, -0.2) is 4.79 Å². The number of hydrogen-bond acceptors (Lipinski definition) is 7. The number of esters is 1. The van der Waals surface area contributed by atoms with Crippen molar-refractivity contribution < 1.29 is 29.3 Å². The van der Waals surface area contributed by atoms with Crippen LogP contribution in [0.5, 0.6) is 5.75 Å². The number of ketones is 2. The summed E-state index contributed by atoms with van der Waals surface area (Å²) in [5, 5.41) is 22.3. The van der Waals surface area contributed by atoms with Crippen LogP contribution in [0.2, 0.25) is 0 Å². The lowest BCUT2D eigenvalue weighted by molar-refractivity contribution is -0.144. The fraction of sp³-hybridized carbons (Fsp3) is 0.211. The second-order valence-electron chi connectivity index (χ2n) is 5.72. The maximum atomic E-state index is 12.9. The van der Waals surface area contributed by atoms with Gasteiger partial charge in [-0.15, -0.1) is 0 Å². The molecule has 1 aliphatic rings. The average molecular weight is 355 g/mol. The summed E-state index contributed by atoms with van der Waals surface area (Å²) in [6.45, 7) is 1.20. The molecule has 26 heavy (non-hydrogen) atoms. The number of aliphatic hydroxyl groups is 1. The molecular formula is C19H17NO6. The number of aromatic hydroxyl groups is 1. The fourth-order valence-corrected chi connectivity index (χ4v) is 2.94. The number of rotatable bonds is 5. The number of carbonyl (C=O) groups is 3. The molecule has 134 valence electrons. The Bertz CT molecular complexity index is 905. The molecule has 0 saturated heterocycles. The van der Waals surface area contributed by atoms with Crippen molar-refractivity contribution in [1.82, 2.24) is 0 Å². The number of nitrogens with one attached hydrogen (secondary N) is 1. The van der Waals surface area contributed by atoms with Crippen LogP contribution in [0.25, 0.3) is 0 Å². The second-order valence-corrected chi connectivity index (χ2v) is 5.72. The molecule has 0 bridgehead atoms. The van der Waals surface area contributed by atoms with Gasteiger partial charge in [0.25, 0.3) is 0 Å². The lowest BCUT2D eigenvalue weighted by atomic mass is 9.82. The number of anilines is 1. The number of phenols is 1. The standard InChI is InChI=1S/C19H17NO6/c1-2-26-19(25)13(9-21)20-12-7-8-14(22)16-15(12)17(23)10-5-3-4-6-11(10)18(16)24/h3-8,13,20-22H,2,9H2,1H3/t13-/m0/s1. The molecule has 0 amide bonds. The van der Waals surface area contributed by atoms with Crippen molar-refractivity contribution in [3.8, 4) is 5.75 Å². The Hall–Kier alpha value is -3.19. The molecule has 0 aromatic heterocycles. The minimum Gasteiger partial charge on any atom is -0.507 e. The third kappa shape index (κ3) is 2.82. The van der Waals surface area contributed by atoms with Crippen molar-refractivity contribution in [3.05, 3.63) is 58.7 Å². The average Bonchev–Trinajstić information content (AvgIpc) is 2.65. The largest absolute Gasteiger partial charge is 0.507 e. The molecule has 0 spiro atoms. The van der Waals surface area contributed by atoms with E-state index in [4.69, 9.17) is 4.74 Å². The van der Waals surface area contributed by atoms with E-state index in [1.807, 2.05) is 0 Å². The van der Waals surface area contributed by atoms with Crippen LogP contribution in [-0.4, -0.2) is 47.0 Å². The summed E-state index contributed by atoms with van der Waals surface area (Å²) in [7, 11) is 0. The summed E-state index contributed by atoms with van der Waals surface area (Å²) >= 11 is 0.